The fourth-order valence-corrected chi connectivity index (χ4v) is 3.39. The van der Waals surface area contributed by atoms with Crippen molar-refractivity contribution in [2.24, 2.45) is 0 Å². The molecule has 0 spiro atoms. The Labute approximate surface area is 172 Å². The van der Waals surface area contributed by atoms with Crippen molar-refractivity contribution in [2.75, 3.05) is 0 Å². The highest BCUT2D eigenvalue weighted by atomic mass is 16.5. The molecule has 0 radical (unpaired) electrons. The van der Waals surface area contributed by atoms with Gasteiger partial charge in [0.25, 0.3) is 0 Å². The molecule has 2 aromatic heterocycles. The molecule has 30 heavy (non-hydrogen) atoms. The lowest BCUT2D eigenvalue weighted by molar-refractivity contribution is 0.0452. The highest BCUT2D eigenvalue weighted by Crippen LogP contribution is 2.33. The number of benzene rings is 2. The lowest BCUT2D eigenvalue weighted by Gasteiger charge is -2.03. The van der Waals surface area contributed by atoms with Gasteiger partial charge in [0, 0.05) is 29.7 Å². The normalized spacial score (nSPS) is 14.9. The predicted molar refractivity (Wildman–Crippen MR) is 107 cm³/mol. The molecule has 5 rings (SSSR count). The molecule has 1 aliphatic heterocycles. The molecule has 1 unspecified atom stereocenters. The number of ether oxygens (including phenoxy) is 2. The zero-order valence-electron chi connectivity index (χ0n) is 16.2. The quantitative estimate of drug-likeness (QED) is 0.448. The minimum Gasteiger partial charge on any atom is -0.490 e. The molecule has 7 heteroatoms. The summed E-state index contributed by atoms with van der Waals surface area (Å²) < 4.78 is 21.7. The Bertz CT molecular complexity index is 1200. The van der Waals surface area contributed by atoms with Gasteiger partial charge in [-0.15, -0.1) is 0 Å². The summed E-state index contributed by atoms with van der Waals surface area (Å²) in [5.41, 5.74) is 3.47. The Morgan fingerprint density at radius 3 is 2.67 bits per heavy atom. The summed E-state index contributed by atoms with van der Waals surface area (Å²) in [5, 5.41) is 7.77. The molecule has 0 saturated carbocycles. The summed E-state index contributed by atoms with van der Waals surface area (Å²) in [7, 11) is 0. The van der Waals surface area contributed by atoms with Crippen LogP contribution in [0.2, 0.25) is 0 Å². The molecule has 4 aromatic rings. The summed E-state index contributed by atoms with van der Waals surface area (Å²) in [4.78, 5) is 12.3. The van der Waals surface area contributed by atoms with Gasteiger partial charge in [-0.3, -0.25) is 0 Å². The van der Waals surface area contributed by atoms with Gasteiger partial charge in [0.1, 0.15) is 24.2 Å². The Balaban J connectivity index is 1.24. The van der Waals surface area contributed by atoms with Crippen LogP contribution in [0.3, 0.4) is 0 Å². The molecule has 0 bridgehead atoms. The zero-order valence-corrected chi connectivity index (χ0v) is 16.2. The first-order valence-electron chi connectivity index (χ1n) is 9.60. The molecule has 0 amide bonds. The number of esters is 1. The molecule has 0 aliphatic carbocycles. The average Bonchev–Trinajstić information content (AvgIpc) is 3.50. The standard InChI is InChI=1S/C23H18N2O5/c1-14-9-16-7-8-17(10-20(16)28-14)21-11-18(24-29-21)13-27-23(26)19-12-22(30-25-19)15-5-3-2-4-6-15/h2-8,10-12,14H,9,13H2,1H3. The van der Waals surface area contributed by atoms with E-state index in [2.05, 4.69) is 10.3 Å². The number of hydrogen-bond acceptors (Lipinski definition) is 7. The van der Waals surface area contributed by atoms with Crippen LogP contribution in [0.15, 0.2) is 69.7 Å². The third-order valence-corrected chi connectivity index (χ3v) is 4.87. The van der Waals surface area contributed by atoms with E-state index in [1.165, 1.54) is 5.56 Å². The number of carbonyl (C=O) groups excluding carboxylic acids is 1. The number of carbonyl (C=O) groups is 1. The second-order valence-corrected chi connectivity index (χ2v) is 7.16. The fraction of sp³-hybridized carbons (Fsp3) is 0.174. The van der Waals surface area contributed by atoms with Gasteiger partial charge in [0.2, 0.25) is 0 Å². The minimum absolute atomic E-state index is 0.0334. The monoisotopic (exact) mass is 402 g/mol. The van der Waals surface area contributed by atoms with Crippen LogP contribution in [0.5, 0.6) is 5.75 Å². The van der Waals surface area contributed by atoms with Crippen LogP contribution in [0.25, 0.3) is 22.6 Å². The first-order valence-corrected chi connectivity index (χ1v) is 9.60. The summed E-state index contributed by atoms with van der Waals surface area (Å²) >= 11 is 0. The Morgan fingerprint density at radius 1 is 1.00 bits per heavy atom. The van der Waals surface area contributed by atoms with Crippen molar-refractivity contribution < 1.29 is 23.3 Å². The third-order valence-electron chi connectivity index (χ3n) is 4.87. The van der Waals surface area contributed by atoms with Gasteiger partial charge in [0.05, 0.1) is 0 Å². The maximum Gasteiger partial charge on any atom is 0.360 e. The Hall–Kier alpha value is -3.87. The van der Waals surface area contributed by atoms with Gasteiger partial charge in [-0.1, -0.05) is 52.8 Å². The Morgan fingerprint density at radius 2 is 1.80 bits per heavy atom. The third kappa shape index (κ3) is 3.57. The van der Waals surface area contributed by atoms with E-state index in [-0.39, 0.29) is 18.4 Å². The second kappa shape index (κ2) is 7.51. The van der Waals surface area contributed by atoms with E-state index in [0.29, 0.717) is 17.2 Å². The van der Waals surface area contributed by atoms with Crippen molar-refractivity contribution in [3.05, 3.63) is 77.6 Å². The molecule has 1 atom stereocenters. The van der Waals surface area contributed by atoms with Crippen LogP contribution < -0.4 is 4.74 Å². The van der Waals surface area contributed by atoms with Gasteiger partial charge in [-0.2, -0.15) is 0 Å². The molecule has 0 saturated heterocycles. The topological polar surface area (TPSA) is 87.6 Å². The second-order valence-electron chi connectivity index (χ2n) is 7.16. The number of aromatic nitrogens is 2. The van der Waals surface area contributed by atoms with E-state index in [1.54, 1.807) is 12.1 Å². The van der Waals surface area contributed by atoms with Gasteiger partial charge >= 0.3 is 5.97 Å². The van der Waals surface area contributed by atoms with E-state index < -0.39 is 5.97 Å². The lowest BCUT2D eigenvalue weighted by Crippen LogP contribution is -2.05. The zero-order chi connectivity index (χ0) is 20.5. The lowest BCUT2D eigenvalue weighted by atomic mass is 10.1. The molecular weight excluding hydrogens is 384 g/mol. The van der Waals surface area contributed by atoms with E-state index in [9.17, 15) is 4.79 Å². The van der Waals surface area contributed by atoms with E-state index in [0.717, 1.165) is 23.3 Å². The molecule has 0 N–H and O–H groups in total. The smallest absolute Gasteiger partial charge is 0.360 e. The maximum atomic E-state index is 12.3. The van der Waals surface area contributed by atoms with Gasteiger partial charge < -0.3 is 18.5 Å². The SMILES string of the molecule is CC1Cc2ccc(-c3cc(COC(=O)c4cc(-c5ccccc5)on4)no3)cc2O1. The number of hydrogen-bond donors (Lipinski definition) is 0. The van der Waals surface area contributed by atoms with Gasteiger partial charge in [-0.25, -0.2) is 4.79 Å². The van der Waals surface area contributed by atoms with Crippen molar-refractivity contribution >= 4 is 5.97 Å². The fourth-order valence-electron chi connectivity index (χ4n) is 3.39. The summed E-state index contributed by atoms with van der Waals surface area (Å²) in [6.07, 6.45) is 1.08. The summed E-state index contributed by atoms with van der Waals surface area (Å²) in [6.45, 7) is 2.01. The molecular formula is C23H18N2O5. The van der Waals surface area contributed by atoms with Crippen LogP contribution in [0.4, 0.5) is 0 Å². The van der Waals surface area contributed by atoms with Gasteiger partial charge in [-0.05, 0) is 18.6 Å². The largest absolute Gasteiger partial charge is 0.490 e. The van der Waals surface area contributed by atoms with E-state index in [1.807, 2.05) is 55.5 Å². The van der Waals surface area contributed by atoms with E-state index in [4.69, 9.17) is 18.5 Å². The van der Waals surface area contributed by atoms with Crippen LogP contribution >= 0.6 is 0 Å². The van der Waals surface area contributed by atoms with Crippen molar-refractivity contribution in [1.82, 2.24) is 10.3 Å². The van der Waals surface area contributed by atoms with Crippen LogP contribution in [-0.2, 0) is 17.8 Å². The minimum atomic E-state index is -0.592. The molecule has 150 valence electrons. The van der Waals surface area contributed by atoms with Crippen molar-refractivity contribution in [3.8, 4) is 28.4 Å². The molecule has 1 aliphatic rings. The summed E-state index contributed by atoms with van der Waals surface area (Å²) in [5.74, 6) is 1.36. The first-order chi connectivity index (χ1) is 14.7. The number of rotatable bonds is 5. The molecule has 0 fully saturated rings. The van der Waals surface area contributed by atoms with Crippen molar-refractivity contribution in [1.29, 1.82) is 0 Å². The first kappa shape index (κ1) is 18.2. The highest BCUT2D eigenvalue weighted by molar-refractivity contribution is 5.88. The molecule has 2 aromatic carbocycles. The van der Waals surface area contributed by atoms with Crippen molar-refractivity contribution in [3.63, 3.8) is 0 Å². The summed E-state index contributed by atoms with van der Waals surface area (Å²) in [6, 6.07) is 18.6. The van der Waals surface area contributed by atoms with Crippen LogP contribution in [0, 0.1) is 0 Å². The van der Waals surface area contributed by atoms with Gasteiger partial charge in [0.15, 0.2) is 17.2 Å². The van der Waals surface area contributed by atoms with Crippen LogP contribution in [0.1, 0.15) is 28.7 Å². The Kier molecular flexibility index (Phi) is 4.55. The molecule has 7 nitrogen and oxygen atoms in total. The van der Waals surface area contributed by atoms with E-state index >= 15 is 0 Å². The number of nitrogens with zero attached hydrogens (tertiary/aromatic N) is 2. The molecule has 3 heterocycles. The van der Waals surface area contributed by atoms with Crippen molar-refractivity contribution in [2.45, 2.75) is 26.1 Å². The maximum absolute atomic E-state index is 12.3. The highest BCUT2D eigenvalue weighted by Gasteiger charge is 2.21. The number of fused-ring (bicyclic) bond motifs is 1. The van der Waals surface area contributed by atoms with Crippen LogP contribution in [-0.4, -0.2) is 22.4 Å². The average molecular weight is 402 g/mol. The predicted octanol–water partition coefficient (Wildman–Crippen LogP) is 4.68.